The van der Waals surface area contributed by atoms with Crippen molar-refractivity contribution < 1.29 is 17.9 Å². The topological polar surface area (TPSA) is 91.0 Å². The molecule has 0 radical (unpaired) electrons. The van der Waals surface area contributed by atoms with Crippen molar-refractivity contribution >= 4 is 21.7 Å². The predicted octanol–water partition coefficient (Wildman–Crippen LogP) is 2.23. The summed E-state index contributed by atoms with van der Waals surface area (Å²) >= 11 is 0. The first kappa shape index (κ1) is 23.0. The van der Waals surface area contributed by atoms with Crippen LogP contribution in [-0.4, -0.2) is 74.3 Å². The Morgan fingerprint density at radius 2 is 1.83 bits per heavy atom. The summed E-state index contributed by atoms with van der Waals surface area (Å²) in [6.07, 6.45) is 3.53. The molecule has 2 N–H and O–H groups in total. The van der Waals surface area contributed by atoms with E-state index in [4.69, 9.17) is 4.74 Å². The third-order valence-electron chi connectivity index (χ3n) is 5.46. The minimum absolute atomic E-state index is 0.0573. The van der Waals surface area contributed by atoms with Gasteiger partial charge in [0.15, 0.2) is 0 Å². The predicted molar refractivity (Wildman–Crippen MR) is 118 cm³/mol. The number of carbonyl (C=O) groups excluding carboxylic acids is 1. The summed E-state index contributed by atoms with van der Waals surface area (Å²) in [5.74, 6) is -0.130. The van der Waals surface area contributed by atoms with Gasteiger partial charge >= 0.3 is 6.03 Å². The molecule has 2 saturated heterocycles. The number of ether oxygens (including phenoxy) is 1. The number of anilines is 1. The maximum atomic E-state index is 12.5. The van der Waals surface area contributed by atoms with Crippen molar-refractivity contribution in [3.63, 3.8) is 0 Å². The second kappa shape index (κ2) is 10.6. The highest BCUT2D eigenvalue weighted by Gasteiger charge is 2.30. The number of hydrogen-bond donors (Lipinski definition) is 2. The first-order valence-corrected chi connectivity index (χ1v) is 12.4. The van der Waals surface area contributed by atoms with Crippen molar-refractivity contribution in [3.8, 4) is 0 Å². The van der Waals surface area contributed by atoms with Crippen LogP contribution >= 0.6 is 0 Å². The van der Waals surface area contributed by atoms with Gasteiger partial charge in [0.1, 0.15) is 0 Å². The molecule has 0 aliphatic carbocycles. The molecule has 0 bridgehead atoms. The lowest BCUT2D eigenvalue weighted by atomic mass is 10.1. The molecule has 1 aromatic carbocycles. The molecule has 2 aliphatic heterocycles. The normalized spacial score (nSPS) is 23.8. The Bertz CT molecular complexity index is 801. The zero-order valence-corrected chi connectivity index (χ0v) is 18.8. The molecule has 2 amide bonds. The van der Waals surface area contributed by atoms with Crippen LogP contribution in [0.25, 0.3) is 0 Å². The van der Waals surface area contributed by atoms with Gasteiger partial charge in [-0.2, -0.15) is 4.31 Å². The number of benzene rings is 1. The third-order valence-corrected chi connectivity index (χ3v) is 7.27. The van der Waals surface area contributed by atoms with Crippen molar-refractivity contribution in [1.82, 2.24) is 14.5 Å². The molecule has 2 unspecified atom stereocenters. The summed E-state index contributed by atoms with van der Waals surface area (Å²) < 4.78 is 32.1. The van der Waals surface area contributed by atoms with Gasteiger partial charge in [-0.05, 0) is 57.5 Å². The lowest BCUT2D eigenvalue weighted by Crippen LogP contribution is -2.49. The Labute approximate surface area is 180 Å². The van der Waals surface area contributed by atoms with Crippen molar-refractivity contribution in [2.75, 3.05) is 43.8 Å². The van der Waals surface area contributed by atoms with Gasteiger partial charge in [0.2, 0.25) is 10.0 Å². The molecule has 0 aromatic heterocycles. The fourth-order valence-electron chi connectivity index (χ4n) is 4.08. The fourth-order valence-corrected chi connectivity index (χ4v) is 5.57. The highest BCUT2D eigenvalue weighted by Crippen LogP contribution is 2.17. The van der Waals surface area contributed by atoms with Crippen molar-refractivity contribution in [2.24, 2.45) is 0 Å². The number of nitrogens with zero attached hydrogens (tertiary/aromatic N) is 2. The van der Waals surface area contributed by atoms with Crippen LogP contribution in [0.15, 0.2) is 24.3 Å². The van der Waals surface area contributed by atoms with Crippen LogP contribution in [0.1, 0.15) is 38.7 Å². The molecule has 9 heteroatoms. The monoisotopic (exact) mass is 438 g/mol. The lowest BCUT2D eigenvalue weighted by molar-refractivity contribution is -0.0440. The van der Waals surface area contributed by atoms with Gasteiger partial charge in [-0.1, -0.05) is 18.6 Å². The number of carbonyl (C=O) groups is 1. The van der Waals surface area contributed by atoms with Crippen molar-refractivity contribution in [1.29, 1.82) is 0 Å². The number of likely N-dealkylation sites (tertiary alicyclic amines) is 1. The van der Waals surface area contributed by atoms with E-state index < -0.39 is 16.1 Å². The molecular weight excluding hydrogens is 404 g/mol. The molecule has 2 heterocycles. The molecule has 0 spiro atoms. The Hall–Kier alpha value is -1.68. The minimum Gasteiger partial charge on any atom is -0.373 e. The summed E-state index contributed by atoms with van der Waals surface area (Å²) in [4.78, 5) is 14.7. The molecule has 2 fully saturated rings. The number of urea groups is 1. The Balaban J connectivity index is 1.44. The molecule has 3 rings (SSSR count). The largest absolute Gasteiger partial charge is 0.373 e. The first-order valence-electron chi connectivity index (χ1n) is 10.8. The molecule has 2 aliphatic rings. The van der Waals surface area contributed by atoms with E-state index in [0.717, 1.165) is 25.2 Å². The third kappa shape index (κ3) is 6.94. The number of rotatable bonds is 7. The maximum absolute atomic E-state index is 12.5. The summed E-state index contributed by atoms with van der Waals surface area (Å²) in [6.45, 7) is 7.60. The Morgan fingerprint density at radius 1 is 1.13 bits per heavy atom. The molecule has 1 aromatic rings. The number of hydrogen-bond acceptors (Lipinski definition) is 5. The van der Waals surface area contributed by atoms with E-state index in [1.807, 2.05) is 32.0 Å². The zero-order valence-electron chi connectivity index (χ0n) is 18.0. The molecule has 0 saturated carbocycles. The molecular formula is C21H34N4O4S. The van der Waals surface area contributed by atoms with Gasteiger partial charge in [0, 0.05) is 31.9 Å². The highest BCUT2D eigenvalue weighted by atomic mass is 32.2. The zero-order chi connectivity index (χ0) is 21.6. The van der Waals surface area contributed by atoms with Gasteiger partial charge in [-0.25, -0.2) is 13.2 Å². The average Bonchev–Trinajstić information content (AvgIpc) is 2.68. The first-order chi connectivity index (χ1) is 14.3. The van der Waals surface area contributed by atoms with Crippen LogP contribution in [0.5, 0.6) is 0 Å². The van der Waals surface area contributed by atoms with E-state index in [0.29, 0.717) is 18.8 Å². The van der Waals surface area contributed by atoms with Gasteiger partial charge in [-0.15, -0.1) is 0 Å². The standard InChI is InChI=1S/C21H34N4O4S/c1-17-14-25(15-18(2)29-17)30(27,28)12-9-22-21(26)23-20-8-6-7-19(13-20)16-24-10-4-3-5-11-24/h6-8,13,17-18H,3-5,9-12,14-16H2,1-2H3,(H2,22,23,26). The van der Waals surface area contributed by atoms with Crippen LogP contribution in [0.4, 0.5) is 10.5 Å². The van der Waals surface area contributed by atoms with Gasteiger partial charge < -0.3 is 15.4 Å². The quantitative estimate of drug-likeness (QED) is 0.681. The molecule has 2 atom stereocenters. The molecule has 168 valence electrons. The van der Waals surface area contributed by atoms with E-state index >= 15 is 0 Å². The number of sulfonamides is 1. The second-order valence-corrected chi connectivity index (χ2v) is 10.4. The van der Waals surface area contributed by atoms with E-state index in [1.165, 1.54) is 23.6 Å². The van der Waals surface area contributed by atoms with E-state index in [1.54, 1.807) is 0 Å². The number of nitrogens with one attached hydrogen (secondary N) is 2. The van der Waals surface area contributed by atoms with Crippen LogP contribution in [0.3, 0.4) is 0 Å². The summed E-state index contributed by atoms with van der Waals surface area (Å²) in [6, 6.07) is 7.41. The van der Waals surface area contributed by atoms with Crippen molar-refractivity contribution in [3.05, 3.63) is 29.8 Å². The molecule has 30 heavy (non-hydrogen) atoms. The van der Waals surface area contributed by atoms with E-state index in [-0.39, 0.29) is 24.5 Å². The Kier molecular flexibility index (Phi) is 8.10. The average molecular weight is 439 g/mol. The minimum atomic E-state index is -3.44. The highest BCUT2D eigenvalue weighted by molar-refractivity contribution is 7.89. The SMILES string of the molecule is CC1CN(S(=O)(=O)CCNC(=O)Nc2cccc(CN3CCCCC3)c2)CC(C)O1. The lowest BCUT2D eigenvalue weighted by Gasteiger charge is -2.34. The maximum Gasteiger partial charge on any atom is 0.319 e. The molecule has 8 nitrogen and oxygen atoms in total. The number of amides is 2. The second-order valence-electron chi connectivity index (χ2n) is 8.31. The summed E-state index contributed by atoms with van der Waals surface area (Å²) in [7, 11) is -3.44. The van der Waals surface area contributed by atoms with Crippen LogP contribution in [0.2, 0.25) is 0 Å². The van der Waals surface area contributed by atoms with E-state index in [2.05, 4.69) is 21.6 Å². The number of morpholine rings is 1. The summed E-state index contributed by atoms with van der Waals surface area (Å²) in [5, 5.41) is 5.45. The van der Waals surface area contributed by atoms with Gasteiger partial charge in [-0.3, -0.25) is 4.90 Å². The van der Waals surface area contributed by atoms with Crippen LogP contribution in [0, 0.1) is 0 Å². The van der Waals surface area contributed by atoms with Gasteiger partial charge in [0.25, 0.3) is 0 Å². The smallest absolute Gasteiger partial charge is 0.319 e. The van der Waals surface area contributed by atoms with Gasteiger partial charge in [0.05, 0.1) is 18.0 Å². The fraction of sp³-hybridized carbons (Fsp3) is 0.667. The summed E-state index contributed by atoms with van der Waals surface area (Å²) in [5.41, 5.74) is 1.87. The van der Waals surface area contributed by atoms with Crippen molar-refractivity contribution in [2.45, 2.75) is 51.9 Å². The van der Waals surface area contributed by atoms with Crippen LogP contribution < -0.4 is 10.6 Å². The van der Waals surface area contributed by atoms with E-state index in [9.17, 15) is 13.2 Å². The Morgan fingerprint density at radius 3 is 2.53 bits per heavy atom. The number of piperidine rings is 1. The van der Waals surface area contributed by atoms with Crippen LogP contribution in [-0.2, 0) is 21.3 Å².